The molecule has 7 heteroatoms. The summed E-state index contributed by atoms with van der Waals surface area (Å²) in [6, 6.07) is 0. The van der Waals surface area contributed by atoms with E-state index >= 15 is 0 Å². The fourth-order valence-electron chi connectivity index (χ4n) is 0.717. The van der Waals surface area contributed by atoms with E-state index in [-0.39, 0.29) is 36.1 Å². The number of aliphatic hydroxyl groups is 1. The summed E-state index contributed by atoms with van der Waals surface area (Å²) < 4.78 is 28.7. The van der Waals surface area contributed by atoms with Crippen molar-refractivity contribution in [3.05, 3.63) is 0 Å². The van der Waals surface area contributed by atoms with Crippen LogP contribution in [0.5, 0.6) is 0 Å². The van der Waals surface area contributed by atoms with Crippen molar-refractivity contribution in [2.45, 2.75) is 6.10 Å². The third-order valence-electron chi connectivity index (χ3n) is 0.979. The summed E-state index contributed by atoms with van der Waals surface area (Å²) in [4.78, 5) is 1.63. The minimum absolute atomic E-state index is 0. The van der Waals surface area contributed by atoms with Crippen LogP contribution in [0, 0.1) is 0 Å². The van der Waals surface area contributed by atoms with Crippen LogP contribution in [0.3, 0.4) is 0 Å². The molecule has 1 atom stereocenters. The van der Waals surface area contributed by atoms with Gasteiger partial charge in [-0.15, -0.1) is 0 Å². The van der Waals surface area contributed by atoms with Gasteiger partial charge in [-0.3, -0.25) is 4.55 Å². The Morgan fingerprint density at radius 1 is 1.42 bits per heavy atom. The number of likely N-dealkylation sites (N-methyl/N-ethyl adjacent to an activating group) is 1. The van der Waals surface area contributed by atoms with E-state index in [0.717, 1.165) is 0 Å². The van der Waals surface area contributed by atoms with Crippen LogP contribution >= 0.6 is 0 Å². The second kappa shape index (κ2) is 6.31. The molecular formula is C5H14NNaO4S. The summed E-state index contributed by atoms with van der Waals surface area (Å²) >= 11 is 0. The zero-order valence-electron chi connectivity index (χ0n) is 6.56. The van der Waals surface area contributed by atoms with Gasteiger partial charge in [-0.05, 0) is 14.1 Å². The van der Waals surface area contributed by atoms with Gasteiger partial charge >= 0.3 is 29.6 Å². The van der Waals surface area contributed by atoms with Crippen LogP contribution in [-0.2, 0) is 10.1 Å². The fraction of sp³-hybridized carbons (Fsp3) is 1.00. The number of nitrogens with zero attached hydrogens (tertiary/aromatic N) is 1. The Kier molecular flexibility index (Phi) is 8.05. The van der Waals surface area contributed by atoms with Crippen molar-refractivity contribution in [2.24, 2.45) is 0 Å². The van der Waals surface area contributed by atoms with Gasteiger partial charge in [-0.2, -0.15) is 8.42 Å². The molecular weight excluding hydrogens is 193 g/mol. The van der Waals surface area contributed by atoms with Gasteiger partial charge in [0.25, 0.3) is 10.1 Å². The van der Waals surface area contributed by atoms with Crippen molar-refractivity contribution in [3.8, 4) is 0 Å². The van der Waals surface area contributed by atoms with E-state index in [9.17, 15) is 8.42 Å². The summed E-state index contributed by atoms with van der Waals surface area (Å²) in [5.41, 5.74) is 0. The Hall–Kier alpha value is 0.830. The van der Waals surface area contributed by atoms with Crippen LogP contribution in [0.2, 0.25) is 0 Å². The van der Waals surface area contributed by atoms with Gasteiger partial charge in [0.05, 0.1) is 6.10 Å². The Bertz CT molecular complexity index is 203. The summed E-state index contributed by atoms with van der Waals surface area (Å²) in [7, 11) is -0.642. The molecule has 0 rings (SSSR count). The van der Waals surface area contributed by atoms with Crippen molar-refractivity contribution in [3.63, 3.8) is 0 Å². The third-order valence-corrected chi connectivity index (χ3v) is 1.78. The molecule has 0 saturated heterocycles. The minimum atomic E-state index is -4.05. The van der Waals surface area contributed by atoms with Gasteiger partial charge in [0.15, 0.2) is 0 Å². The van der Waals surface area contributed by atoms with Crippen LogP contribution in [0.4, 0.5) is 0 Å². The first-order valence-corrected chi connectivity index (χ1v) is 4.70. The molecule has 0 aliphatic rings. The molecule has 0 aromatic rings. The molecule has 0 aromatic heterocycles. The molecule has 12 heavy (non-hydrogen) atoms. The molecule has 0 aromatic carbocycles. The number of hydrogen-bond acceptors (Lipinski definition) is 4. The molecule has 5 nitrogen and oxygen atoms in total. The molecule has 0 saturated carbocycles. The summed E-state index contributed by atoms with van der Waals surface area (Å²) in [6.45, 7) is 0.222. The van der Waals surface area contributed by atoms with E-state index < -0.39 is 22.0 Å². The molecule has 0 spiro atoms. The van der Waals surface area contributed by atoms with Gasteiger partial charge in [-0.1, -0.05) is 0 Å². The molecule has 1 unspecified atom stereocenters. The van der Waals surface area contributed by atoms with Crippen LogP contribution in [0.1, 0.15) is 0 Å². The van der Waals surface area contributed by atoms with Crippen LogP contribution in [-0.4, -0.2) is 85.0 Å². The standard InChI is InChI=1S/C5H13NO4S.Na.H/c1-6(2)3-5(7)4-11(8,9)10;;/h5,7H,3-4H2,1-2H3,(H,8,9,10);;. The Morgan fingerprint density at radius 3 is 2.08 bits per heavy atom. The van der Waals surface area contributed by atoms with E-state index in [2.05, 4.69) is 0 Å². The van der Waals surface area contributed by atoms with Crippen LogP contribution in [0.15, 0.2) is 0 Å². The normalized spacial score (nSPS) is 14.1. The monoisotopic (exact) mass is 207 g/mol. The first kappa shape index (κ1) is 15.3. The van der Waals surface area contributed by atoms with Gasteiger partial charge in [0.2, 0.25) is 0 Å². The molecule has 2 N–H and O–H groups in total. The van der Waals surface area contributed by atoms with E-state index in [1.54, 1.807) is 19.0 Å². The average molecular weight is 207 g/mol. The molecule has 0 aliphatic carbocycles. The van der Waals surface area contributed by atoms with Gasteiger partial charge < -0.3 is 10.0 Å². The van der Waals surface area contributed by atoms with Gasteiger partial charge in [-0.25, -0.2) is 0 Å². The number of rotatable bonds is 4. The Morgan fingerprint density at radius 2 is 1.83 bits per heavy atom. The SMILES string of the molecule is CN(C)CC(O)CS(=O)(=O)O.[NaH]. The van der Waals surface area contributed by atoms with Crippen molar-refractivity contribution in [1.82, 2.24) is 4.90 Å². The maximum absolute atomic E-state index is 10.2. The Balaban J connectivity index is 0. The van der Waals surface area contributed by atoms with Crippen LogP contribution in [0.25, 0.3) is 0 Å². The van der Waals surface area contributed by atoms with E-state index in [1.807, 2.05) is 0 Å². The maximum atomic E-state index is 10.2. The number of aliphatic hydroxyl groups excluding tert-OH is 1. The first-order chi connectivity index (χ1) is 4.81. The van der Waals surface area contributed by atoms with E-state index in [1.165, 1.54) is 0 Å². The van der Waals surface area contributed by atoms with Crippen molar-refractivity contribution in [1.29, 1.82) is 0 Å². The summed E-state index contributed by atoms with van der Waals surface area (Å²) in [5, 5.41) is 8.97. The fourth-order valence-corrected chi connectivity index (χ4v) is 1.31. The van der Waals surface area contributed by atoms with Crippen molar-refractivity contribution < 1.29 is 18.1 Å². The summed E-state index contributed by atoms with van der Waals surface area (Å²) in [5.74, 6) is -0.606. The predicted molar refractivity (Wildman–Crippen MR) is 48.1 cm³/mol. The zero-order chi connectivity index (χ0) is 9.07. The quantitative estimate of drug-likeness (QED) is 0.418. The molecule has 70 valence electrons. The predicted octanol–water partition coefficient (Wildman–Crippen LogP) is -1.85. The van der Waals surface area contributed by atoms with Gasteiger partial charge in [0.1, 0.15) is 5.75 Å². The zero-order valence-corrected chi connectivity index (χ0v) is 7.37. The Labute approximate surface area is 94.8 Å². The molecule has 0 bridgehead atoms. The van der Waals surface area contributed by atoms with Crippen LogP contribution < -0.4 is 0 Å². The van der Waals surface area contributed by atoms with Crippen molar-refractivity contribution >= 4 is 39.7 Å². The van der Waals surface area contributed by atoms with E-state index in [0.29, 0.717) is 0 Å². The number of hydrogen-bond donors (Lipinski definition) is 2. The first-order valence-electron chi connectivity index (χ1n) is 3.09. The third kappa shape index (κ3) is 10.8. The summed E-state index contributed by atoms with van der Waals surface area (Å²) in [6.07, 6.45) is -1.03. The molecule has 0 radical (unpaired) electrons. The molecule has 0 fully saturated rings. The topological polar surface area (TPSA) is 77.8 Å². The average Bonchev–Trinajstić information content (AvgIpc) is 1.53. The second-order valence-electron chi connectivity index (χ2n) is 2.66. The molecule has 0 heterocycles. The van der Waals surface area contributed by atoms with Crippen molar-refractivity contribution in [2.75, 3.05) is 26.4 Å². The molecule has 0 amide bonds. The van der Waals surface area contributed by atoms with E-state index in [4.69, 9.17) is 9.66 Å². The molecule has 0 aliphatic heterocycles. The van der Waals surface area contributed by atoms with Gasteiger partial charge in [0, 0.05) is 6.54 Å². The second-order valence-corrected chi connectivity index (χ2v) is 4.16.